The molecule has 1 saturated heterocycles. The maximum Gasteiger partial charge on any atom is 0.459 e. The molecule has 4 rings (SSSR count). The lowest BCUT2D eigenvalue weighted by Crippen LogP contribution is -2.35. The van der Waals surface area contributed by atoms with E-state index in [-0.39, 0.29) is 18.5 Å². The summed E-state index contributed by atoms with van der Waals surface area (Å²) >= 11 is 0. The minimum Gasteiger partial charge on any atom is -0.468 e. The third-order valence-corrected chi connectivity index (χ3v) is 6.64. The van der Waals surface area contributed by atoms with Crippen LogP contribution in [0.15, 0.2) is 36.7 Å². The predicted molar refractivity (Wildman–Crippen MR) is 116 cm³/mol. The largest absolute Gasteiger partial charge is 0.468 e. The minimum absolute atomic E-state index is 0.0503. The Labute approximate surface area is 189 Å². The van der Waals surface area contributed by atoms with Crippen molar-refractivity contribution in [1.29, 1.82) is 0 Å². The highest BCUT2D eigenvalue weighted by Gasteiger charge is 2.36. The molecule has 3 aromatic rings. The van der Waals surface area contributed by atoms with Crippen LogP contribution in [0.4, 0.5) is 5.82 Å². The first kappa shape index (κ1) is 23.1. The summed E-state index contributed by atoms with van der Waals surface area (Å²) in [4.78, 5) is 19.9. The molecule has 176 valence electrons. The van der Waals surface area contributed by atoms with Crippen LogP contribution in [-0.4, -0.2) is 63.4 Å². The molecule has 2 aromatic heterocycles. The molecule has 0 radical (unpaired) electrons. The van der Waals surface area contributed by atoms with Crippen LogP contribution in [0, 0.1) is 0 Å². The van der Waals surface area contributed by atoms with Crippen molar-refractivity contribution in [2.45, 2.75) is 31.5 Å². The Hall–Kier alpha value is -3.12. The van der Waals surface area contributed by atoms with Crippen molar-refractivity contribution in [1.82, 2.24) is 30.0 Å². The van der Waals surface area contributed by atoms with E-state index in [9.17, 15) is 9.36 Å². The van der Waals surface area contributed by atoms with E-state index in [0.29, 0.717) is 29.9 Å². The Morgan fingerprint density at radius 3 is 2.91 bits per heavy atom. The normalized spacial score (nSPS) is 20.9. The molecule has 4 atom stereocenters. The minimum atomic E-state index is -3.95. The van der Waals surface area contributed by atoms with Gasteiger partial charge >= 0.3 is 13.7 Å². The number of nitrogens with one attached hydrogen (secondary N) is 1. The highest BCUT2D eigenvalue weighted by Crippen LogP contribution is 2.45. The number of nitrogens with zero attached hydrogens (tertiary/aromatic N) is 5. The summed E-state index contributed by atoms with van der Waals surface area (Å²) in [6.45, 7) is 1.78. The van der Waals surface area contributed by atoms with Gasteiger partial charge < -0.3 is 19.7 Å². The predicted octanol–water partition coefficient (Wildman–Crippen LogP) is 1.49. The van der Waals surface area contributed by atoms with E-state index in [2.05, 4.69) is 25.4 Å². The van der Waals surface area contributed by atoms with Crippen LogP contribution < -0.4 is 15.3 Å². The molecule has 1 unspecified atom stereocenters. The summed E-state index contributed by atoms with van der Waals surface area (Å²) in [5.74, 6) is -0.0381. The smallest absolute Gasteiger partial charge is 0.459 e. The number of carbonyl (C=O) groups is 1. The molecule has 0 bridgehead atoms. The van der Waals surface area contributed by atoms with E-state index in [1.165, 1.54) is 20.4 Å². The summed E-state index contributed by atoms with van der Waals surface area (Å²) in [6.07, 6.45) is 1.44. The quantitative estimate of drug-likeness (QED) is 0.337. The molecule has 3 heterocycles. The molecule has 33 heavy (non-hydrogen) atoms. The average Bonchev–Trinajstić information content (AvgIpc) is 3.45. The van der Waals surface area contributed by atoms with Crippen LogP contribution in [0.25, 0.3) is 11.2 Å². The van der Waals surface area contributed by atoms with Gasteiger partial charge in [-0.1, -0.05) is 23.4 Å². The van der Waals surface area contributed by atoms with Crippen molar-refractivity contribution in [3.05, 3.63) is 36.7 Å². The number of aromatic nitrogens is 5. The fourth-order valence-corrected chi connectivity index (χ4v) is 4.88. The van der Waals surface area contributed by atoms with Crippen molar-refractivity contribution < 1.29 is 27.9 Å². The van der Waals surface area contributed by atoms with E-state index in [0.717, 1.165) is 0 Å². The maximum absolute atomic E-state index is 13.4. The van der Waals surface area contributed by atoms with Crippen LogP contribution in [0.3, 0.4) is 0 Å². The number of carbonyl (C=O) groups excluding carboxylic acids is 1. The molecule has 1 aromatic carbocycles. The lowest BCUT2D eigenvalue weighted by molar-refractivity contribution is -0.142. The Kier molecular flexibility index (Phi) is 6.84. The molecule has 14 heteroatoms. The van der Waals surface area contributed by atoms with Crippen molar-refractivity contribution in [3.63, 3.8) is 0 Å². The van der Waals surface area contributed by atoms with Crippen molar-refractivity contribution in [2.75, 3.05) is 26.1 Å². The first-order valence-corrected chi connectivity index (χ1v) is 11.7. The van der Waals surface area contributed by atoms with Gasteiger partial charge in [0.15, 0.2) is 17.0 Å². The Morgan fingerprint density at radius 1 is 1.36 bits per heavy atom. The standard InChI is InChI=1S/C19H24N7O6P/c1-12(19(27)29-2)24-33(28,32-14-6-4-3-5-7-14)31-10-15-8-13(9-30-15)26-18-16(23-25-26)17(20)21-11-22-18/h3-7,11-13,15H,8-10H2,1-2H3,(H,24,28)(H2,20,21,22)/t12-,13+,15+,33?/m0/s1. The van der Waals surface area contributed by atoms with Gasteiger partial charge in [0.25, 0.3) is 0 Å². The lowest BCUT2D eigenvalue weighted by atomic mass is 10.2. The molecule has 0 aliphatic carbocycles. The van der Waals surface area contributed by atoms with Crippen LogP contribution in [0.5, 0.6) is 5.75 Å². The molecule has 13 nitrogen and oxygen atoms in total. The second-order valence-electron chi connectivity index (χ2n) is 7.38. The fraction of sp³-hybridized carbons (Fsp3) is 0.421. The van der Waals surface area contributed by atoms with E-state index in [1.54, 1.807) is 35.0 Å². The van der Waals surface area contributed by atoms with Gasteiger partial charge in [-0.2, -0.15) is 5.09 Å². The number of hydrogen-bond acceptors (Lipinski definition) is 11. The molecular formula is C19H24N7O6P. The van der Waals surface area contributed by atoms with E-state index in [4.69, 9.17) is 24.3 Å². The Bertz CT molecular complexity index is 1160. The summed E-state index contributed by atoms with van der Waals surface area (Å²) in [6, 6.07) is 7.42. The second kappa shape index (κ2) is 9.79. The molecule has 1 fully saturated rings. The molecule has 1 aliphatic rings. The van der Waals surface area contributed by atoms with E-state index >= 15 is 0 Å². The third-order valence-electron chi connectivity index (χ3n) is 5.00. The van der Waals surface area contributed by atoms with Gasteiger partial charge in [0.1, 0.15) is 18.1 Å². The number of anilines is 1. The van der Waals surface area contributed by atoms with Gasteiger partial charge in [-0.15, -0.1) is 5.10 Å². The first-order valence-electron chi connectivity index (χ1n) is 10.2. The van der Waals surface area contributed by atoms with Crippen molar-refractivity contribution in [2.24, 2.45) is 0 Å². The van der Waals surface area contributed by atoms with Gasteiger partial charge in [-0.05, 0) is 19.1 Å². The molecule has 0 saturated carbocycles. The van der Waals surface area contributed by atoms with Crippen molar-refractivity contribution in [3.8, 4) is 5.75 Å². The zero-order valence-corrected chi connectivity index (χ0v) is 18.9. The highest BCUT2D eigenvalue weighted by atomic mass is 31.2. The monoisotopic (exact) mass is 477 g/mol. The average molecular weight is 477 g/mol. The summed E-state index contributed by atoms with van der Waals surface area (Å²) in [7, 11) is -2.71. The van der Waals surface area contributed by atoms with Crippen LogP contribution in [0.2, 0.25) is 0 Å². The summed E-state index contributed by atoms with van der Waals surface area (Å²) in [5, 5.41) is 10.8. The highest BCUT2D eigenvalue weighted by molar-refractivity contribution is 7.52. The number of benzene rings is 1. The number of fused-ring (bicyclic) bond motifs is 1. The zero-order valence-electron chi connectivity index (χ0n) is 18.0. The number of para-hydroxylation sites is 1. The Balaban J connectivity index is 1.43. The zero-order chi connectivity index (χ0) is 23.4. The second-order valence-corrected chi connectivity index (χ2v) is 9.08. The number of methoxy groups -OCH3 is 1. The van der Waals surface area contributed by atoms with Crippen LogP contribution in [0.1, 0.15) is 19.4 Å². The molecule has 0 spiro atoms. The van der Waals surface area contributed by atoms with Crippen molar-refractivity contribution >= 4 is 30.7 Å². The van der Waals surface area contributed by atoms with Gasteiger partial charge in [-0.3, -0.25) is 9.32 Å². The number of nitrogen functional groups attached to an aromatic ring is 1. The lowest BCUT2D eigenvalue weighted by Gasteiger charge is -2.23. The summed E-state index contributed by atoms with van der Waals surface area (Å²) < 4.78 is 36.8. The summed E-state index contributed by atoms with van der Waals surface area (Å²) in [5.41, 5.74) is 6.74. The number of rotatable bonds is 9. The molecule has 1 aliphatic heterocycles. The van der Waals surface area contributed by atoms with Crippen LogP contribution in [-0.2, 0) is 23.4 Å². The SMILES string of the molecule is COC(=O)[C@H](C)NP(=O)(OC[C@H]1C[C@@H](n2nnc3c(N)ncnc32)CO1)Oc1ccccc1. The first-order chi connectivity index (χ1) is 15.9. The number of hydrogen-bond donors (Lipinski definition) is 2. The van der Waals surface area contributed by atoms with Gasteiger partial charge in [0, 0.05) is 6.42 Å². The maximum atomic E-state index is 13.4. The van der Waals surface area contributed by atoms with Gasteiger partial charge in [0.2, 0.25) is 0 Å². The molecular weight excluding hydrogens is 453 g/mol. The van der Waals surface area contributed by atoms with Gasteiger partial charge in [0.05, 0.1) is 32.5 Å². The number of ether oxygens (including phenoxy) is 2. The van der Waals surface area contributed by atoms with Crippen LogP contribution >= 0.6 is 7.75 Å². The van der Waals surface area contributed by atoms with Gasteiger partial charge in [-0.25, -0.2) is 19.2 Å². The topological polar surface area (TPSA) is 166 Å². The number of nitrogens with two attached hydrogens (primary N) is 1. The fourth-order valence-electron chi connectivity index (χ4n) is 3.36. The van der Waals surface area contributed by atoms with E-state index in [1.807, 2.05) is 0 Å². The third kappa shape index (κ3) is 5.28. The Morgan fingerprint density at radius 2 is 2.15 bits per heavy atom. The molecule has 0 amide bonds. The number of esters is 1. The molecule has 3 N–H and O–H groups in total. The van der Waals surface area contributed by atoms with E-state index < -0.39 is 25.9 Å².